The molecule has 0 fully saturated rings. The minimum Gasteiger partial charge on any atom is -0.302 e. The van der Waals surface area contributed by atoms with Crippen molar-refractivity contribution in [2.75, 3.05) is 19.6 Å². The minimum atomic E-state index is -0.411. The van der Waals surface area contributed by atoms with Crippen LogP contribution < -0.4 is 5.56 Å². The van der Waals surface area contributed by atoms with Crippen molar-refractivity contribution in [3.63, 3.8) is 0 Å². The van der Waals surface area contributed by atoms with Gasteiger partial charge < -0.3 is 4.90 Å². The van der Waals surface area contributed by atoms with Crippen molar-refractivity contribution in [1.82, 2.24) is 14.5 Å². The van der Waals surface area contributed by atoms with E-state index >= 15 is 0 Å². The van der Waals surface area contributed by atoms with Crippen LogP contribution in [-0.2, 0) is 19.4 Å². The molecule has 0 amide bonds. The van der Waals surface area contributed by atoms with Crippen LogP contribution in [0.2, 0.25) is 0 Å². The van der Waals surface area contributed by atoms with E-state index < -0.39 is 4.92 Å². The van der Waals surface area contributed by atoms with Crippen LogP contribution in [-0.4, -0.2) is 39.0 Å². The topological polar surface area (TPSA) is 81.3 Å². The molecule has 0 atom stereocenters. The number of rotatable bonds is 9. The van der Waals surface area contributed by atoms with E-state index in [1.165, 1.54) is 12.1 Å². The van der Waals surface area contributed by atoms with Crippen LogP contribution in [0.3, 0.4) is 0 Å². The quantitative estimate of drug-likeness (QED) is 0.392. The third-order valence-electron chi connectivity index (χ3n) is 5.17. The highest BCUT2D eigenvalue weighted by atomic mass is 32.1. The van der Waals surface area contributed by atoms with Crippen molar-refractivity contribution in [2.45, 2.75) is 40.2 Å². The molecular formula is C21H26N4O3S. The Morgan fingerprint density at radius 2 is 1.86 bits per heavy atom. The molecule has 0 saturated carbocycles. The molecule has 0 bridgehead atoms. The molecule has 7 nitrogen and oxygen atoms in total. The smallest absolute Gasteiger partial charge is 0.269 e. The molecule has 2 heterocycles. The SMILES string of the molecule is CCc1cc2c(=O)n(CCN(CC)CC)c(Cc3ccc([N+](=O)[O-])cc3)nc2s1. The first kappa shape index (κ1) is 21.1. The normalized spacial score (nSPS) is 11.4. The fourth-order valence-corrected chi connectivity index (χ4v) is 4.32. The molecule has 29 heavy (non-hydrogen) atoms. The highest BCUT2D eigenvalue weighted by molar-refractivity contribution is 7.18. The molecule has 154 valence electrons. The average molecular weight is 415 g/mol. The molecule has 0 N–H and O–H groups in total. The number of hydrogen-bond donors (Lipinski definition) is 0. The first-order valence-electron chi connectivity index (χ1n) is 9.94. The van der Waals surface area contributed by atoms with Crippen LogP contribution in [0.25, 0.3) is 10.2 Å². The number of non-ortho nitro benzene ring substituents is 1. The number of benzene rings is 1. The van der Waals surface area contributed by atoms with Gasteiger partial charge in [0.05, 0.1) is 10.3 Å². The Labute approximate surface area is 173 Å². The Hall–Kier alpha value is -2.58. The summed E-state index contributed by atoms with van der Waals surface area (Å²) in [5, 5.41) is 11.6. The first-order chi connectivity index (χ1) is 14.0. The Morgan fingerprint density at radius 1 is 1.17 bits per heavy atom. The van der Waals surface area contributed by atoms with E-state index in [1.54, 1.807) is 28.0 Å². The molecule has 0 unspecified atom stereocenters. The molecule has 0 aliphatic carbocycles. The molecule has 8 heteroatoms. The van der Waals surface area contributed by atoms with E-state index in [1.807, 2.05) is 6.07 Å². The molecule has 2 aromatic heterocycles. The molecule has 0 saturated heterocycles. The summed E-state index contributed by atoms with van der Waals surface area (Å²) in [7, 11) is 0. The van der Waals surface area contributed by atoms with Crippen molar-refractivity contribution in [3.8, 4) is 0 Å². The van der Waals surface area contributed by atoms with E-state index in [4.69, 9.17) is 4.98 Å². The second-order valence-corrected chi connectivity index (χ2v) is 8.01. The van der Waals surface area contributed by atoms with Crippen molar-refractivity contribution in [1.29, 1.82) is 0 Å². The molecule has 0 aliphatic rings. The predicted molar refractivity (Wildman–Crippen MR) is 117 cm³/mol. The second kappa shape index (κ2) is 9.28. The third kappa shape index (κ3) is 4.71. The van der Waals surface area contributed by atoms with Gasteiger partial charge in [-0.2, -0.15) is 0 Å². The second-order valence-electron chi connectivity index (χ2n) is 6.90. The van der Waals surface area contributed by atoms with Gasteiger partial charge in [0.15, 0.2) is 0 Å². The van der Waals surface area contributed by atoms with Gasteiger partial charge in [0.1, 0.15) is 10.7 Å². The summed E-state index contributed by atoms with van der Waals surface area (Å²) in [6, 6.07) is 8.40. The van der Waals surface area contributed by atoms with Crippen LogP contribution >= 0.6 is 11.3 Å². The number of likely N-dealkylation sites (N-methyl/N-ethyl adjacent to an activating group) is 1. The van der Waals surface area contributed by atoms with Crippen molar-refractivity contribution >= 4 is 27.2 Å². The summed E-state index contributed by atoms with van der Waals surface area (Å²) in [5.74, 6) is 0.702. The number of thiophene rings is 1. The predicted octanol–water partition coefficient (Wildman–Crippen LogP) is 3.86. The number of nitrogens with zero attached hydrogens (tertiary/aromatic N) is 4. The van der Waals surface area contributed by atoms with Gasteiger partial charge in [-0.05, 0) is 31.1 Å². The van der Waals surface area contributed by atoms with Gasteiger partial charge in [0.25, 0.3) is 11.2 Å². The summed E-state index contributed by atoms with van der Waals surface area (Å²) in [6.45, 7) is 9.49. The lowest BCUT2D eigenvalue weighted by Crippen LogP contribution is -2.33. The standard InChI is InChI=1S/C21H26N4O3S/c1-4-17-14-18-20(29-17)22-19(13-15-7-9-16(10-8-15)25(27)28)24(21(18)26)12-11-23(5-2)6-3/h7-10,14H,4-6,11-13H2,1-3H3. The highest BCUT2D eigenvalue weighted by Crippen LogP contribution is 2.23. The maximum Gasteiger partial charge on any atom is 0.269 e. The van der Waals surface area contributed by atoms with E-state index in [9.17, 15) is 14.9 Å². The van der Waals surface area contributed by atoms with E-state index in [2.05, 4.69) is 25.7 Å². The zero-order chi connectivity index (χ0) is 21.0. The largest absolute Gasteiger partial charge is 0.302 e. The highest BCUT2D eigenvalue weighted by Gasteiger charge is 2.15. The summed E-state index contributed by atoms with van der Waals surface area (Å²) in [4.78, 5) is 32.7. The number of aryl methyl sites for hydroxylation is 1. The van der Waals surface area contributed by atoms with Gasteiger partial charge >= 0.3 is 0 Å². The molecule has 0 spiro atoms. The summed E-state index contributed by atoms with van der Waals surface area (Å²) in [6.07, 6.45) is 1.33. The van der Waals surface area contributed by atoms with Crippen LogP contribution in [0.1, 0.15) is 37.0 Å². The Morgan fingerprint density at radius 3 is 2.45 bits per heavy atom. The number of nitro benzene ring substituents is 1. The minimum absolute atomic E-state index is 0.00461. The third-order valence-corrected chi connectivity index (χ3v) is 6.35. The van der Waals surface area contributed by atoms with Gasteiger partial charge in [0, 0.05) is 36.5 Å². The average Bonchev–Trinajstić information content (AvgIpc) is 3.14. The lowest BCUT2D eigenvalue weighted by Gasteiger charge is -2.20. The number of fused-ring (bicyclic) bond motifs is 1. The molecule has 1 aromatic carbocycles. The lowest BCUT2D eigenvalue weighted by molar-refractivity contribution is -0.384. The van der Waals surface area contributed by atoms with Crippen LogP contribution in [0.5, 0.6) is 0 Å². The van der Waals surface area contributed by atoms with Crippen molar-refractivity contribution < 1.29 is 4.92 Å². The monoisotopic (exact) mass is 414 g/mol. The zero-order valence-corrected chi connectivity index (χ0v) is 17.9. The van der Waals surface area contributed by atoms with Crippen LogP contribution in [0.4, 0.5) is 5.69 Å². The molecule has 0 radical (unpaired) electrons. The van der Waals surface area contributed by atoms with E-state index in [0.717, 1.165) is 41.3 Å². The molecule has 0 aliphatic heterocycles. The summed E-state index contributed by atoms with van der Waals surface area (Å²) in [5.41, 5.74) is 0.947. The van der Waals surface area contributed by atoms with Gasteiger partial charge in [-0.3, -0.25) is 19.5 Å². The van der Waals surface area contributed by atoms with Crippen LogP contribution in [0.15, 0.2) is 35.1 Å². The van der Waals surface area contributed by atoms with Gasteiger partial charge in [0.2, 0.25) is 0 Å². The fraction of sp³-hybridized carbons (Fsp3) is 0.429. The molecule has 3 rings (SSSR count). The van der Waals surface area contributed by atoms with Gasteiger partial charge in [-0.15, -0.1) is 11.3 Å². The van der Waals surface area contributed by atoms with Crippen LogP contribution in [0, 0.1) is 10.1 Å². The maximum absolute atomic E-state index is 13.2. The van der Waals surface area contributed by atoms with Gasteiger partial charge in [-0.1, -0.05) is 32.9 Å². The number of hydrogen-bond acceptors (Lipinski definition) is 6. The van der Waals surface area contributed by atoms with Gasteiger partial charge in [-0.25, -0.2) is 4.98 Å². The lowest BCUT2D eigenvalue weighted by atomic mass is 10.1. The summed E-state index contributed by atoms with van der Waals surface area (Å²) < 4.78 is 1.77. The first-order valence-corrected chi connectivity index (χ1v) is 10.8. The number of nitro groups is 1. The fourth-order valence-electron chi connectivity index (χ4n) is 3.35. The van der Waals surface area contributed by atoms with Crippen molar-refractivity contribution in [2.24, 2.45) is 0 Å². The van der Waals surface area contributed by atoms with E-state index in [0.29, 0.717) is 24.2 Å². The maximum atomic E-state index is 13.2. The van der Waals surface area contributed by atoms with Crippen molar-refractivity contribution in [3.05, 3.63) is 67.1 Å². The number of aromatic nitrogens is 2. The zero-order valence-electron chi connectivity index (χ0n) is 17.1. The Balaban J connectivity index is 2.01. The molecule has 3 aromatic rings. The Bertz CT molecular complexity index is 1050. The van der Waals surface area contributed by atoms with E-state index in [-0.39, 0.29) is 11.2 Å². The molecular weight excluding hydrogens is 388 g/mol. The Kier molecular flexibility index (Phi) is 6.76. The summed E-state index contributed by atoms with van der Waals surface area (Å²) >= 11 is 1.56.